The van der Waals surface area contributed by atoms with Crippen LogP contribution >= 0.6 is 23.2 Å². The third-order valence-electron chi connectivity index (χ3n) is 3.94. The highest BCUT2D eigenvalue weighted by Crippen LogP contribution is 2.27. The molecule has 6 heteroatoms. The van der Waals surface area contributed by atoms with Crippen LogP contribution in [0.3, 0.4) is 0 Å². The molecule has 0 saturated heterocycles. The summed E-state index contributed by atoms with van der Waals surface area (Å²) in [6, 6.07) is 16.2. The summed E-state index contributed by atoms with van der Waals surface area (Å²) in [5.74, 6) is 0.367. The summed E-state index contributed by atoms with van der Waals surface area (Å²) in [6.07, 6.45) is 3.32. The molecular weight excluding hydrogens is 383 g/mol. The fraction of sp³-hybridized carbons (Fsp3) is 0.143. The fourth-order valence-corrected chi connectivity index (χ4v) is 3.01. The minimum atomic E-state index is -0.182. The largest absolute Gasteiger partial charge is 0.493 e. The standard InChI is InChI=1S/C21H18Cl2N2O2/c1-2-27-20-8-4-3-7-17(20)21(26)25(16-6-5-11-24-13-16)14-15-9-10-18(22)19(23)12-15/h3-13H,2,14H2,1H3. The first-order valence-corrected chi connectivity index (χ1v) is 9.23. The van der Waals surface area contributed by atoms with Gasteiger partial charge in [-0.2, -0.15) is 0 Å². The number of amides is 1. The average Bonchev–Trinajstić information content (AvgIpc) is 2.70. The summed E-state index contributed by atoms with van der Waals surface area (Å²) >= 11 is 12.1. The van der Waals surface area contributed by atoms with Gasteiger partial charge < -0.3 is 9.64 Å². The highest BCUT2D eigenvalue weighted by molar-refractivity contribution is 6.42. The van der Waals surface area contributed by atoms with Gasteiger partial charge in [0.25, 0.3) is 5.91 Å². The number of aromatic nitrogens is 1. The Balaban J connectivity index is 2.00. The van der Waals surface area contributed by atoms with E-state index in [2.05, 4.69) is 4.98 Å². The van der Waals surface area contributed by atoms with Crippen LogP contribution in [0.25, 0.3) is 0 Å². The second kappa shape index (κ2) is 8.89. The molecule has 0 saturated carbocycles. The number of halogens is 2. The molecule has 4 nitrogen and oxygen atoms in total. The fourth-order valence-electron chi connectivity index (χ4n) is 2.68. The van der Waals surface area contributed by atoms with Gasteiger partial charge in [0, 0.05) is 6.20 Å². The van der Waals surface area contributed by atoms with Gasteiger partial charge >= 0.3 is 0 Å². The van der Waals surface area contributed by atoms with E-state index in [1.165, 1.54) is 0 Å². The second-order valence-corrected chi connectivity index (χ2v) is 6.59. The summed E-state index contributed by atoms with van der Waals surface area (Å²) in [4.78, 5) is 19.1. The summed E-state index contributed by atoms with van der Waals surface area (Å²) in [6.45, 7) is 2.68. The predicted octanol–water partition coefficient (Wildman–Crippen LogP) is 5.63. The van der Waals surface area contributed by atoms with Gasteiger partial charge in [-0.1, -0.05) is 41.4 Å². The second-order valence-electron chi connectivity index (χ2n) is 5.78. The number of carbonyl (C=O) groups excluding carboxylic acids is 1. The number of nitrogens with zero attached hydrogens (tertiary/aromatic N) is 2. The maximum Gasteiger partial charge on any atom is 0.262 e. The van der Waals surface area contributed by atoms with Crippen LogP contribution in [-0.2, 0) is 6.54 Å². The van der Waals surface area contributed by atoms with Crippen LogP contribution in [0.5, 0.6) is 5.75 Å². The molecule has 0 unspecified atom stereocenters. The predicted molar refractivity (Wildman–Crippen MR) is 109 cm³/mol. The van der Waals surface area contributed by atoms with Crippen LogP contribution in [-0.4, -0.2) is 17.5 Å². The lowest BCUT2D eigenvalue weighted by atomic mass is 10.1. The van der Waals surface area contributed by atoms with Gasteiger partial charge in [-0.3, -0.25) is 9.78 Å². The molecule has 138 valence electrons. The lowest BCUT2D eigenvalue weighted by Crippen LogP contribution is -2.31. The number of pyridine rings is 1. The van der Waals surface area contributed by atoms with E-state index >= 15 is 0 Å². The number of hydrogen-bond acceptors (Lipinski definition) is 3. The van der Waals surface area contributed by atoms with Gasteiger partial charge in [-0.15, -0.1) is 0 Å². The van der Waals surface area contributed by atoms with E-state index in [-0.39, 0.29) is 5.91 Å². The molecule has 1 amide bonds. The molecule has 0 aliphatic carbocycles. The average molecular weight is 401 g/mol. The van der Waals surface area contributed by atoms with Crippen LogP contribution in [0.4, 0.5) is 5.69 Å². The van der Waals surface area contributed by atoms with Crippen molar-refractivity contribution in [3.05, 3.63) is 88.2 Å². The number of benzene rings is 2. The van der Waals surface area contributed by atoms with Crippen LogP contribution in [0.15, 0.2) is 67.0 Å². The molecule has 0 radical (unpaired) electrons. The quantitative estimate of drug-likeness (QED) is 0.537. The molecule has 3 aromatic rings. The zero-order valence-corrected chi connectivity index (χ0v) is 16.2. The van der Waals surface area contributed by atoms with Crippen LogP contribution < -0.4 is 9.64 Å². The number of rotatable bonds is 6. The van der Waals surface area contributed by atoms with Gasteiger partial charge in [0.05, 0.1) is 40.6 Å². The molecule has 0 spiro atoms. The van der Waals surface area contributed by atoms with Crippen LogP contribution in [0.2, 0.25) is 10.0 Å². The van der Waals surface area contributed by atoms with Crippen molar-refractivity contribution >= 4 is 34.8 Å². The third-order valence-corrected chi connectivity index (χ3v) is 4.68. The highest BCUT2D eigenvalue weighted by atomic mass is 35.5. The van der Waals surface area contributed by atoms with Crippen molar-refractivity contribution in [2.45, 2.75) is 13.5 Å². The molecule has 0 fully saturated rings. The Bertz CT molecular complexity index is 932. The van der Waals surface area contributed by atoms with Gasteiger partial charge in [0.1, 0.15) is 5.75 Å². The number of hydrogen-bond donors (Lipinski definition) is 0. The highest BCUT2D eigenvalue weighted by Gasteiger charge is 2.22. The first-order chi connectivity index (χ1) is 13.1. The third kappa shape index (κ3) is 4.59. The first-order valence-electron chi connectivity index (χ1n) is 8.47. The van der Waals surface area contributed by atoms with Crippen molar-refractivity contribution in [3.8, 4) is 5.75 Å². The molecule has 27 heavy (non-hydrogen) atoms. The lowest BCUT2D eigenvalue weighted by molar-refractivity contribution is 0.0981. The van der Waals surface area contributed by atoms with Crippen molar-refractivity contribution in [1.82, 2.24) is 4.98 Å². The molecule has 1 aromatic heterocycles. The Labute approximate surface area is 168 Å². The maximum atomic E-state index is 13.4. The van der Waals surface area contributed by atoms with Gasteiger partial charge in [-0.25, -0.2) is 0 Å². The lowest BCUT2D eigenvalue weighted by Gasteiger charge is -2.24. The summed E-state index contributed by atoms with van der Waals surface area (Å²) in [5.41, 5.74) is 2.03. The van der Waals surface area contributed by atoms with E-state index in [9.17, 15) is 4.79 Å². The normalized spacial score (nSPS) is 10.5. The summed E-state index contributed by atoms with van der Waals surface area (Å²) in [5, 5.41) is 0.920. The van der Waals surface area contributed by atoms with Gasteiger partial charge in [-0.05, 0) is 48.9 Å². The molecular formula is C21H18Cl2N2O2. The number of anilines is 1. The molecule has 0 aliphatic heterocycles. The smallest absolute Gasteiger partial charge is 0.262 e. The maximum absolute atomic E-state index is 13.4. The SMILES string of the molecule is CCOc1ccccc1C(=O)N(Cc1ccc(Cl)c(Cl)c1)c1cccnc1. The molecule has 1 heterocycles. The van der Waals surface area contributed by atoms with E-state index < -0.39 is 0 Å². The van der Waals surface area contributed by atoms with Crippen molar-refractivity contribution in [1.29, 1.82) is 0 Å². The molecule has 0 aliphatic rings. The topological polar surface area (TPSA) is 42.4 Å². The molecule has 3 rings (SSSR count). The number of ether oxygens (including phenoxy) is 1. The zero-order chi connectivity index (χ0) is 19.2. The molecule has 0 atom stereocenters. The van der Waals surface area contributed by atoms with E-state index in [0.717, 1.165) is 5.56 Å². The van der Waals surface area contributed by atoms with Gasteiger partial charge in [0.2, 0.25) is 0 Å². The summed E-state index contributed by atoms with van der Waals surface area (Å²) in [7, 11) is 0. The van der Waals surface area contributed by atoms with E-state index in [0.29, 0.717) is 40.2 Å². The van der Waals surface area contributed by atoms with E-state index in [1.54, 1.807) is 47.6 Å². The van der Waals surface area contributed by atoms with Crippen molar-refractivity contribution in [2.24, 2.45) is 0 Å². The van der Waals surface area contributed by atoms with Gasteiger partial charge in [0.15, 0.2) is 0 Å². The monoisotopic (exact) mass is 400 g/mol. The van der Waals surface area contributed by atoms with E-state index in [4.69, 9.17) is 27.9 Å². The number of para-hydroxylation sites is 1. The molecule has 0 N–H and O–H groups in total. The van der Waals surface area contributed by atoms with Crippen LogP contribution in [0.1, 0.15) is 22.8 Å². The first kappa shape index (κ1) is 19.2. The zero-order valence-electron chi connectivity index (χ0n) is 14.7. The Hall–Kier alpha value is -2.56. The van der Waals surface area contributed by atoms with Crippen molar-refractivity contribution < 1.29 is 9.53 Å². The Morgan fingerprint density at radius 2 is 1.89 bits per heavy atom. The Morgan fingerprint density at radius 3 is 2.59 bits per heavy atom. The van der Waals surface area contributed by atoms with Crippen molar-refractivity contribution in [2.75, 3.05) is 11.5 Å². The summed E-state index contributed by atoms with van der Waals surface area (Å²) < 4.78 is 5.63. The molecule has 2 aromatic carbocycles. The Morgan fingerprint density at radius 1 is 1.07 bits per heavy atom. The Kier molecular flexibility index (Phi) is 6.32. The van der Waals surface area contributed by atoms with Crippen molar-refractivity contribution in [3.63, 3.8) is 0 Å². The minimum absolute atomic E-state index is 0.182. The minimum Gasteiger partial charge on any atom is -0.493 e. The van der Waals surface area contributed by atoms with Crippen LogP contribution in [0, 0.1) is 0 Å². The van der Waals surface area contributed by atoms with E-state index in [1.807, 2.05) is 31.2 Å². The number of carbonyl (C=O) groups is 1. The molecule has 0 bridgehead atoms.